The van der Waals surface area contributed by atoms with Crippen molar-refractivity contribution in [2.24, 2.45) is 11.8 Å². The van der Waals surface area contributed by atoms with Gasteiger partial charge in [-0.2, -0.15) is 0 Å². The Hall–Kier alpha value is -1.94. The van der Waals surface area contributed by atoms with Gasteiger partial charge in [-0.1, -0.05) is 266 Å². The summed E-state index contributed by atoms with van der Waals surface area (Å²) in [6.45, 7) is 9.37. The quantitative estimate of drug-likeness (QED) is 0.0222. The fourth-order valence-corrected chi connectivity index (χ4v) is 11.1. The molecule has 0 aliphatic heterocycles. The summed E-state index contributed by atoms with van der Waals surface area (Å²) in [7, 11) is -9.88. The highest BCUT2D eigenvalue weighted by atomic mass is 31.2. The summed E-state index contributed by atoms with van der Waals surface area (Å²) >= 11 is 0. The maximum atomic E-state index is 13.0. The van der Waals surface area contributed by atoms with Crippen molar-refractivity contribution in [2.45, 2.75) is 336 Å². The second kappa shape index (κ2) is 56.6. The van der Waals surface area contributed by atoms with Crippen molar-refractivity contribution in [2.75, 3.05) is 39.6 Å². The first-order valence-corrected chi connectivity index (χ1v) is 36.5. The van der Waals surface area contributed by atoms with E-state index in [-0.39, 0.29) is 25.7 Å². The molecular formula is C64H124O17P2. The van der Waals surface area contributed by atoms with Gasteiger partial charge in [0, 0.05) is 25.7 Å². The molecular weight excluding hydrogens is 1100 g/mol. The van der Waals surface area contributed by atoms with E-state index in [9.17, 15) is 43.2 Å². The van der Waals surface area contributed by atoms with Gasteiger partial charge in [-0.15, -0.1) is 0 Å². The van der Waals surface area contributed by atoms with Crippen molar-refractivity contribution in [3.63, 3.8) is 0 Å². The summed E-state index contributed by atoms with van der Waals surface area (Å²) in [6.07, 6.45) is 39.4. The van der Waals surface area contributed by atoms with E-state index in [0.29, 0.717) is 31.6 Å². The molecule has 5 atom stereocenters. The van der Waals surface area contributed by atoms with Gasteiger partial charge in [0.2, 0.25) is 0 Å². The first kappa shape index (κ1) is 81.1. The summed E-state index contributed by atoms with van der Waals surface area (Å²) in [5, 5.41) is 10.5. The maximum absolute atomic E-state index is 13.0. The molecule has 0 aromatic heterocycles. The first-order chi connectivity index (χ1) is 39.9. The van der Waals surface area contributed by atoms with Crippen LogP contribution in [0.4, 0.5) is 0 Å². The molecule has 0 rings (SSSR count). The van der Waals surface area contributed by atoms with Crippen molar-refractivity contribution >= 4 is 39.5 Å². The van der Waals surface area contributed by atoms with Gasteiger partial charge in [-0.05, 0) is 37.5 Å². The van der Waals surface area contributed by atoms with Gasteiger partial charge < -0.3 is 33.8 Å². The van der Waals surface area contributed by atoms with Crippen LogP contribution in [0.25, 0.3) is 0 Å². The lowest BCUT2D eigenvalue weighted by molar-refractivity contribution is -0.161. The zero-order valence-electron chi connectivity index (χ0n) is 53.5. The standard InChI is InChI=1S/C64H124O17P2/c1-7-9-11-13-14-15-24-29-36-42-48-63(68)80-59(52-74-61(66)46-40-32-12-10-8-2)54-78-82(70,71)76-50-58(65)51-77-83(72,73)79-55-60(53-75-62(67)47-41-35-31-26-28-34-39-45-57(5)6)81-64(69)49-43-37-30-25-22-20-18-16-17-19-21-23-27-33-38-44-56(3)4/h56-60,65H,7-55H2,1-6H3,(H,70,71)(H,72,73)/t58-,59+,60+/m0/s1. The minimum absolute atomic E-state index is 0.105. The molecule has 19 heteroatoms. The largest absolute Gasteiger partial charge is 0.472 e. The molecule has 17 nitrogen and oxygen atoms in total. The van der Waals surface area contributed by atoms with Crippen LogP contribution >= 0.6 is 15.6 Å². The number of rotatable bonds is 63. The zero-order valence-corrected chi connectivity index (χ0v) is 55.3. The third kappa shape index (κ3) is 58.8. The monoisotopic (exact) mass is 1230 g/mol. The van der Waals surface area contributed by atoms with Crippen LogP contribution in [-0.4, -0.2) is 96.7 Å². The van der Waals surface area contributed by atoms with Crippen LogP contribution in [0.2, 0.25) is 0 Å². The van der Waals surface area contributed by atoms with Gasteiger partial charge in [-0.25, -0.2) is 9.13 Å². The Kier molecular flexibility index (Phi) is 55.2. The summed E-state index contributed by atoms with van der Waals surface area (Å²) in [6, 6.07) is 0. The van der Waals surface area contributed by atoms with Crippen LogP contribution in [0, 0.1) is 11.8 Å². The number of phosphoric ester groups is 2. The fraction of sp³-hybridized carbons (Fsp3) is 0.938. The number of ether oxygens (including phenoxy) is 4. The number of hydrogen-bond acceptors (Lipinski definition) is 15. The van der Waals surface area contributed by atoms with Crippen molar-refractivity contribution in [1.29, 1.82) is 0 Å². The Labute approximate surface area is 505 Å². The molecule has 0 aliphatic carbocycles. The van der Waals surface area contributed by atoms with Crippen molar-refractivity contribution in [3.05, 3.63) is 0 Å². The van der Waals surface area contributed by atoms with Crippen LogP contribution < -0.4 is 0 Å². The van der Waals surface area contributed by atoms with Gasteiger partial charge in [0.25, 0.3) is 0 Å². The minimum atomic E-state index is -4.94. The van der Waals surface area contributed by atoms with E-state index in [1.165, 1.54) is 122 Å². The molecule has 0 aromatic rings. The lowest BCUT2D eigenvalue weighted by atomic mass is 10.0. The van der Waals surface area contributed by atoms with Crippen LogP contribution in [0.5, 0.6) is 0 Å². The highest BCUT2D eigenvalue weighted by Gasteiger charge is 2.30. The average Bonchev–Trinajstić information content (AvgIpc) is 3.45. The molecule has 0 aromatic carbocycles. The molecule has 0 spiro atoms. The van der Waals surface area contributed by atoms with Crippen LogP contribution in [-0.2, 0) is 65.4 Å². The predicted octanol–water partition coefficient (Wildman–Crippen LogP) is 17.7. The smallest absolute Gasteiger partial charge is 0.462 e. The third-order valence-electron chi connectivity index (χ3n) is 14.7. The molecule has 0 fully saturated rings. The Balaban J connectivity index is 5.13. The Morgan fingerprint density at radius 2 is 0.554 bits per heavy atom. The van der Waals surface area contributed by atoms with Gasteiger partial charge in [0.1, 0.15) is 19.3 Å². The molecule has 83 heavy (non-hydrogen) atoms. The fourth-order valence-electron chi connectivity index (χ4n) is 9.53. The second-order valence-electron chi connectivity index (χ2n) is 24.1. The van der Waals surface area contributed by atoms with Crippen LogP contribution in [0.15, 0.2) is 0 Å². The van der Waals surface area contributed by atoms with E-state index in [1.807, 2.05) is 0 Å². The third-order valence-corrected chi connectivity index (χ3v) is 16.6. The van der Waals surface area contributed by atoms with Gasteiger partial charge >= 0.3 is 39.5 Å². The van der Waals surface area contributed by atoms with Gasteiger partial charge in [-0.3, -0.25) is 37.3 Å². The molecule has 0 heterocycles. The summed E-state index contributed by atoms with van der Waals surface area (Å²) in [5.74, 6) is -0.638. The number of aliphatic hydroxyl groups excluding tert-OH is 1. The van der Waals surface area contributed by atoms with Crippen LogP contribution in [0.3, 0.4) is 0 Å². The highest BCUT2D eigenvalue weighted by Crippen LogP contribution is 2.45. The lowest BCUT2D eigenvalue weighted by Gasteiger charge is -2.21. The normalized spacial score (nSPS) is 14.3. The summed E-state index contributed by atoms with van der Waals surface area (Å²) in [5.41, 5.74) is 0. The Bertz CT molecular complexity index is 1630. The van der Waals surface area contributed by atoms with E-state index in [0.717, 1.165) is 109 Å². The molecule has 0 radical (unpaired) electrons. The number of carbonyl (C=O) groups is 4. The molecule has 0 aliphatic rings. The van der Waals surface area contributed by atoms with Gasteiger partial charge in [0.05, 0.1) is 26.4 Å². The molecule has 0 amide bonds. The summed E-state index contributed by atoms with van der Waals surface area (Å²) < 4.78 is 67.8. The first-order valence-electron chi connectivity index (χ1n) is 33.5. The number of unbranched alkanes of at least 4 members (excludes halogenated alkanes) is 33. The van der Waals surface area contributed by atoms with Crippen molar-refractivity contribution in [3.8, 4) is 0 Å². The topological polar surface area (TPSA) is 237 Å². The molecule has 0 saturated carbocycles. The molecule has 0 saturated heterocycles. The Morgan fingerprint density at radius 3 is 0.819 bits per heavy atom. The van der Waals surface area contributed by atoms with E-state index in [4.69, 9.17) is 37.0 Å². The van der Waals surface area contributed by atoms with Crippen molar-refractivity contribution < 1.29 is 80.2 Å². The molecule has 492 valence electrons. The minimum Gasteiger partial charge on any atom is -0.462 e. The highest BCUT2D eigenvalue weighted by molar-refractivity contribution is 7.47. The van der Waals surface area contributed by atoms with E-state index < -0.39 is 97.5 Å². The number of esters is 4. The summed E-state index contributed by atoms with van der Waals surface area (Å²) in [4.78, 5) is 71.9. The average molecular weight is 1230 g/mol. The predicted molar refractivity (Wildman–Crippen MR) is 331 cm³/mol. The Morgan fingerprint density at radius 1 is 0.325 bits per heavy atom. The number of aliphatic hydroxyl groups is 1. The van der Waals surface area contributed by atoms with Crippen molar-refractivity contribution in [1.82, 2.24) is 0 Å². The van der Waals surface area contributed by atoms with E-state index in [1.54, 1.807) is 0 Å². The zero-order chi connectivity index (χ0) is 61.5. The number of carbonyl (C=O) groups excluding carboxylic acids is 4. The molecule has 0 bridgehead atoms. The van der Waals surface area contributed by atoms with Crippen LogP contribution in [0.1, 0.15) is 318 Å². The van der Waals surface area contributed by atoms with Gasteiger partial charge in [0.15, 0.2) is 12.2 Å². The number of phosphoric acid groups is 2. The van der Waals surface area contributed by atoms with E-state index >= 15 is 0 Å². The second-order valence-corrected chi connectivity index (χ2v) is 27.0. The van der Waals surface area contributed by atoms with E-state index in [2.05, 4.69) is 41.5 Å². The molecule has 3 N–H and O–H groups in total. The molecule has 2 unspecified atom stereocenters. The SMILES string of the molecule is CCCCCCCCCCCCC(=O)O[C@H](COC(=O)CCCCCCC)COP(=O)(O)OC[C@H](O)COP(=O)(O)OC[C@@H](COC(=O)CCCCCCCCCC(C)C)OC(=O)CCCCCCCCCCCCCCCCCC(C)C. The lowest BCUT2D eigenvalue weighted by Crippen LogP contribution is -2.30. The maximum Gasteiger partial charge on any atom is 0.472 e. The number of hydrogen-bond donors (Lipinski definition) is 3.